The molecule has 0 aliphatic carbocycles. The van der Waals surface area contributed by atoms with Crippen molar-refractivity contribution in [3.8, 4) is 0 Å². The Morgan fingerprint density at radius 2 is 1.88 bits per heavy atom. The summed E-state index contributed by atoms with van der Waals surface area (Å²) in [7, 11) is 1.63. The highest BCUT2D eigenvalue weighted by molar-refractivity contribution is 6.31. The molecule has 25 heavy (non-hydrogen) atoms. The highest BCUT2D eigenvalue weighted by Gasteiger charge is 2.17. The fourth-order valence-electron chi connectivity index (χ4n) is 2.62. The van der Waals surface area contributed by atoms with Crippen molar-refractivity contribution >= 4 is 40.0 Å². The van der Waals surface area contributed by atoms with Gasteiger partial charge in [0.15, 0.2) is 0 Å². The number of carbonyl (C=O) groups excluding carboxylic acids is 1. The molecule has 0 saturated heterocycles. The van der Waals surface area contributed by atoms with Gasteiger partial charge in [0, 0.05) is 22.7 Å². The first-order valence-electron chi connectivity index (χ1n) is 7.59. The predicted octanol–water partition coefficient (Wildman–Crippen LogP) is 3.73. The van der Waals surface area contributed by atoms with E-state index >= 15 is 0 Å². The molecular formula is C18H15Cl2N3O2. The van der Waals surface area contributed by atoms with Gasteiger partial charge in [-0.15, -0.1) is 0 Å². The lowest BCUT2D eigenvalue weighted by Gasteiger charge is -2.17. The molecule has 0 aliphatic rings. The van der Waals surface area contributed by atoms with Gasteiger partial charge in [0.2, 0.25) is 0 Å². The molecule has 128 valence electrons. The van der Waals surface area contributed by atoms with Gasteiger partial charge in [0.25, 0.3) is 11.5 Å². The van der Waals surface area contributed by atoms with Crippen molar-refractivity contribution in [2.45, 2.75) is 13.0 Å². The Morgan fingerprint density at radius 3 is 2.60 bits per heavy atom. The molecule has 7 heteroatoms. The minimum Gasteiger partial charge on any atom is -0.342 e. The van der Waals surface area contributed by atoms with Gasteiger partial charge in [0.05, 0.1) is 16.9 Å². The molecule has 1 atom stereocenters. The van der Waals surface area contributed by atoms with Crippen molar-refractivity contribution in [1.29, 1.82) is 0 Å². The number of nitrogens with one attached hydrogen (secondary N) is 1. The van der Waals surface area contributed by atoms with Gasteiger partial charge in [0.1, 0.15) is 5.82 Å². The van der Waals surface area contributed by atoms with E-state index in [2.05, 4.69) is 10.3 Å². The first kappa shape index (κ1) is 17.5. The minimum atomic E-state index is -0.479. The number of halogens is 2. The Kier molecular flexibility index (Phi) is 4.79. The zero-order valence-corrected chi connectivity index (χ0v) is 15.1. The molecule has 2 aromatic carbocycles. The van der Waals surface area contributed by atoms with Crippen LogP contribution in [-0.2, 0) is 7.05 Å². The smallest absolute Gasteiger partial charge is 0.261 e. The van der Waals surface area contributed by atoms with Crippen molar-refractivity contribution in [3.05, 3.63) is 74.3 Å². The van der Waals surface area contributed by atoms with Crippen LogP contribution in [0.15, 0.2) is 47.3 Å². The average Bonchev–Trinajstić information content (AvgIpc) is 2.57. The zero-order valence-electron chi connectivity index (χ0n) is 13.6. The average molecular weight is 376 g/mol. The molecule has 0 spiro atoms. The standard InChI is InChI=1S/C18H15Cl2N3O2/c1-10(21-17(24)11-4-3-5-12(19)8-11)16-22-15-9-13(20)6-7-14(15)18(25)23(16)2/h3-10H,1-2H3,(H,21,24). The summed E-state index contributed by atoms with van der Waals surface area (Å²) in [5.74, 6) is 0.144. The molecule has 1 N–H and O–H groups in total. The number of benzene rings is 2. The number of aromatic nitrogens is 2. The maximum Gasteiger partial charge on any atom is 0.261 e. The minimum absolute atomic E-state index is 0.194. The molecule has 0 bridgehead atoms. The van der Waals surface area contributed by atoms with Crippen LogP contribution in [-0.4, -0.2) is 15.5 Å². The number of hydrogen-bond acceptors (Lipinski definition) is 3. The predicted molar refractivity (Wildman–Crippen MR) is 99.3 cm³/mol. The first-order valence-corrected chi connectivity index (χ1v) is 8.35. The number of hydrogen-bond donors (Lipinski definition) is 1. The lowest BCUT2D eigenvalue weighted by molar-refractivity contribution is 0.0937. The van der Waals surface area contributed by atoms with E-state index in [0.717, 1.165) is 0 Å². The van der Waals surface area contributed by atoms with E-state index < -0.39 is 6.04 Å². The number of nitrogens with zero attached hydrogens (tertiary/aromatic N) is 2. The first-order chi connectivity index (χ1) is 11.9. The molecule has 3 aromatic rings. The van der Waals surface area contributed by atoms with Crippen LogP contribution in [0.3, 0.4) is 0 Å². The molecule has 5 nitrogen and oxygen atoms in total. The monoisotopic (exact) mass is 375 g/mol. The summed E-state index contributed by atoms with van der Waals surface area (Å²) in [6.45, 7) is 1.76. The maximum absolute atomic E-state index is 12.5. The van der Waals surface area contributed by atoms with Crippen LogP contribution in [0.1, 0.15) is 29.1 Å². The van der Waals surface area contributed by atoms with Crippen molar-refractivity contribution in [1.82, 2.24) is 14.9 Å². The van der Waals surface area contributed by atoms with E-state index in [-0.39, 0.29) is 11.5 Å². The molecule has 1 amide bonds. The van der Waals surface area contributed by atoms with Crippen LogP contribution in [0, 0.1) is 0 Å². The number of rotatable bonds is 3. The number of fused-ring (bicyclic) bond motifs is 1. The summed E-state index contributed by atoms with van der Waals surface area (Å²) >= 11 is 11.9. The molecule has 3 rings (SSSR count). The number of amides is 1. The van der Waals surface area contributed by atoms with Crippen LogP contribution >= 0.6 is 23.2 Å². The Balaban J connectivity index is 1.96. The lowest BCUT2D eigenvalue weighted by atomic mass is 10.2. The summed E-state index contributed by atoms with van der Waals surface area (Å²) in [6, 6.07) is 11.1. The maximum atomic E-state index is 12.5. The van der Waals surface area contributed by atoms with E-state index in [0.29, 0.717) is 32.3 Å². The third kappa shape index (κ3) is 3.52. The second-order valence-corrected chi connectivity index (χ2v) is 6.57. The Hall–Kier alpha value is -2.37. The molecule has 1 heterocycles. The van der Waals surface area contributed by atoms with Gasteiger partial charge in [-0.25, -0.2) is 4.98 Å². The van der Waals surface area contributed by atoms with Crippen molar-refractivity contribution in [3.63, 3.8) is 0 Å². The number of carbonyl (C=O) groups is 1. The third-order valence-electron chi connectivity index (χ3n) is 3.90. The third-order valence-corrected chi connectivity index (χ3v) is 4.37. The van der Waals surface area contributed by atoms with Crippen LogP contribution in [0.4, 0.5) is 0 Å². The molecular weight excluding hydrogens is 361 g/mol. The second-order valence-electron chi connectivity index (χ2n) is 5.70. The molecule has 0 fully saturated rings. The largest absolute Gasteiger partial charge is 0.342 e. The summed E-state index contributed by atoms with van der Waals surface area (Å²) in [4.78, 5) is 29.4. The highest BCUT2D eigenvalue weighted by Crippen LogP contribution is 2.18. The van der Waals surface area contributed by atoms with E-state index in [1.165, 1.54) is 4.57 Å². The van der Waals surface area contributed by atoms with Crippen LogP contribution < -0.4 is 10.9 Å². The van der Waals surface area contributed by atoms with E-state index in [1.54, 1.807) is 56.4 Å². The fourth-order valence-corrected chi connectivity index (χ4v) is 2.98. The normalized spacial score (nSPS) is 12.2. The molecule has 1 aromatic heterocycles. The lowest BCUT2D eigenvalue weighted by Crippen LogP contribution is -2.32. The Morgan fingerprint density at radius 1 is 1.16 bits per heavy atom. The SMILES string of the molecule is CC(NC(=O)c1cccc(Cl)c1)c1nc2cc(Cl)ccc2c(=O)n1C. The highest BCUT2D eigenvalue weighted by atomic mass is 35.5. The van der Waals surface area contributed by atoms with Crippen molar-refractivity contribution in [2.24, 2.45) is 7.05 Å². The topological polar surface area (TPSA) is 64.0 Å². The Bertz CT molecular complexity index is 1030. The summed E-state index contributed by atoms with van der Waals surface area (Å²) < 4.78 is 1.43. The van der Waals surface area contributed by atoms with Crippen LogP contribution in [0.2, 0.25) is 10.0 Å². The van der Waals surface area contributed by atoms with Gasteiger partial charge in [-0.3, -0.25) is 14.2 Å². The Labute approximate surface area is 154 Å². The van der Waals surface area contributed by atoms with E-state index in [9.17, 15) is 9.59 Å². The zero-order chi connectivity index (χ0) is 18.1. The summed E-state index contributed by atoms with van der Waals surface area (Å²) in [5, 5.41) is 4.28. The van der Waals surface area contributed by atoms with Crippen molar-refractivity contribution < 1.29 is 4.79 Å². The van der Waals surface area contributed by atoms with Crippen LogP contribution in [0.25, 0.3) is 10.9 Å². The molecule has 0 saturated carbocycles. The van der Waals surface area contributed by atoms with Gasteiger partial charge >= 0.3 is 0 Å². The second kappa shape index (κ2) is 6.86. The van der Waals surface area contributed by atoms with E-state index in [4.69, 9.17) is 23.2 Å². The van der Waals surface area contributed by atoms with Crippen LogP contribution in [0.5, 0.6) is 0 Å². The van der Waals surface area contributed by atoms with E-state index in [1.807, 2.05) is 0 Å². The molecule has 1 unspecified atom stereocenters. The van der Waals surface area contributed by atoms with Crippen molar-refractivity contribution in [2.75, 3.05) is 0 Å². The molecule has 0 radical (unpaired) electrons. The quantitative estimate of drug-likeness (QED) is 0.758. The molecule has 0 aliphatic heterocycles. The van der Waals surface area contributed by atoms with Gasteiger partial charge in [-0.05, 0) is 43.3 Å². The fraction of sp³-hybridized carbons (Fsp3) is 0.167. The van der Waals surface area contributed by atoms with Gasteiger partial charge in [-0.1, -0.05) is 29.3 Å². The summed E-state index contributed by atoms with van der Waals surface area (Å²) in [5.41, 5.74) is 0.739. The summed E-state index contributed by atoms with van der Waals surface area (Å²) in [6.07, 6.45) is 0. The van der Waals surface area contributed by atoms with Gasteiger partial charge < -0.3 is 5.32 Å². The van der Waals surface area contributed by atoms with Gasteiger partial charge in [-0.2, -0.15) is 0 Å².